The summed E-state index contributed by atoms with van der Waals surface area (Å²) in [5.74, 6) is 1.85. The Labute approximate surface area is 199 Å². The number of benzene rings is 4. The van der Waals surface area contributed by atoms with Crippen molar-refractivity contribution in [3.8, 4) is 17.1 Å². The van der Waals surface area contributed by atoms with Crippen molar-refractivity contribution in [1.82, 2.24) is 9.55 Å². The van der Waals surface area contributed by atoms with Gasteiger partial charge in [0.25, 0.3) is 5.82 Å². The van der Waals surface area contributed by atoms with Gasteiger partial charge in [0.2, 0.25) is 5.89 Å². The molecular weight excluding hydrogens is 418 g/mol. The maximum atomic E-state index is 6.25. The number of hydrogen-bond donors (Lipinski definition) is 0. The average Bonchev–Trinajstić information content (AvgIpc) is 3.39. The number of para-hydroxylation sites is 2. The van der Waals surface area contributed by atoms with E-state index in [4.69, 9.17) is 9.40 Å². The van der Waals surface area contributed by atoms with Crippen LogP contribution in [0.2, 0.25) is 0 Å². The van der Waals surface area contributed by atoms with E-state index in [1.165, 1.54) is 21.9 Å². The molecule has 2 aromatic heterocycles. The molecular formula is C30H28N3O+. The Morgan fingerprint density at radius 1 is 0.853 bits per heavy atom. The molecule has 0 saturated carbocycles. The molecule has 0 aliphatic carbocycles. The average molecular weight is 447 g/mol. The van der Waals surface area contributed by atoms with Crippen LogP contribution in [-0.2, 0) is 12.5 Å². The van der Waals surface area contributed by atoms with Gasteiger partial charge >= 0.3 is 0 Å². The summed E-state index contributed by atoms with van der Waals surface area (Å²) in [6, 6.07) is 27.8. The third-order valence-electron chi connectivity index (χ3n) is 6.66. The van der Waals surface area contributed by atoms with Gasteiger partial charge < -0.3 is 4.42 Å². The molecule has 0 atom stereocenters. The van der Waals surface area contributed by atoms with Crippen molar-refractivity contribution in [2.75, 3.05) is 0 Å². The maximum Gasteiger partial charge on any atom is 0.297 e. The highest BCUT2D eigenvalue weighted by Crippen LogP contribution is 2.37. The number of aromatic nitrogens is 3. The lowest BCUT2D eigenvalue weighted by molar-refractivity contribution is -0.633. The van der Waals surface area contributed by atoms with Gasteiger partial charge in [0.05, 0.1) is 12.6 Å². The molecule has 6 aromatic rings. The first kappa shape index (κ1) is 20.7. The van der Waals surface area contributed by atoms with E-state index < -0.39 is 0 Å². The van der Waals surface area contributed by atoms with Crippen LogP contribution in [0.15, 0.2) is 83.3 Å². The fourth-order valence-electron chi connectivity index (χ4n) is 4.94. The second-order valence-corrected chi connectivity index (χ2v) is 10.1. The Kier molecular flexibility index (Phi) is 4.43. The van der Waals surface area contributed by atoms with Gasteiger partial charge in [-0.05, 0) is 42.1 Å². The first-order valence-corrected chi connectivity index (χ1v) is 11.7. The zero-order valence-electron chi connectivity index (χ0n) is 20.3. The molecule has 0 saturated heterocycles. The van der Waals surface area contributed by atoms with Gasteiger partial charge in [-0.3, -0.25) is 0 Å². The van der Waals surface area contributed by atoms with Gasteiger partial charge in [-0.25, -0.2) is 9.55 Å². The molecule has 4 aromatic carbocycles. The van der Waals surface area contributed by atoms with Crippen LogP contribution < -0.4 is 4.57 Å². The molecule has 0 spiro atoms. The number of nitrogens with zero attached hydrogens (tertiary/aromatic N) is 3. The van der Waals surface area contributed by atoms with Gasteiger partial charge in [-0.15, -0.1) is 0 Å². The van der Waals surface area contributed by atoms with Crippen molar-refractivity contribution < 1.29 is 8.98 Å². The fourth-order valence-corrected chi connectivity index (χ4v) is 4.94. The van der Waals surface area contributed by atoms with Gasteiger partial charge in [0.15, 0.2) is 16.6 Å². The summed E-state index contributed by atoms with van der Waals surface area (Å²) in [6.45, 7) is 8.57. The van der Waals surface area contributed by atoms with Crippen LogP contribution in [0, 0.1) is 6.92 Å². The molecule has 0 fully saturated rings. The summed E-state index contributed by atoms with van der Waals surface area (Å²) in [4.78, 5) is 5.04. The third kappa shape index (κ3) is 2.98. The van der Waals surface area contributed by atoms with Crippen LogP contribution in [0.5, 0.6) is 0 Å². The minimum Gasteiger partial charge on any atom is -0.440 e. The van der Waals surface area contributed by atoms with E-state index in [2.05, 4.69) is 117 Å². The normalized spacial score (nSPS) is 12.3. The van der Waals surface area contributed by atoms with Crippen molar-refractivity contribution in [3.63, 3.8) is 0 Å². The molecule has 4 heteroatoms. The van der Waals surface area contributed by atoms with Gasteiger partial charge in [-0.1, -0.05) is 75.4 Å². The summed E-state index contributed by atoms with van der Waals surface area (Å²) in [5, 5.41) is 2.44. The molecule has 168 valence electrons. The maximum absolute atomic E-state index is 6.25. The first-order chi connectivity index (χ1) is 16.3. The molecule has 0 bridgehead atoms. The van der Waals surface area contributed by atoms with Crippen molar-refractivity contribution in [2.24, 2.45) is 7.05 Å². The SMILES string of the molecule is Cc1ccc2oc(C(C)(C)C)nc2c1-c1n(-c2cccc3ccccc23)c2ccccc2[n+]1C. The predicted molar refractivity (Wildman–Crippen MR) is 138 cm³/mol. The van der Waals surface area contributed by atoms with Gasteiger partial charge in [0.1, 0.15) is 11.2 Å². The van der Waals surface area contributed by atoms with Crippen molar-refractivity contribution >= 4 is 32.9 Å². The lowest BCUT2D eigenvalue weighted by atomic mass is 9.97. The van der Waals surface area contributed by atoms with E-state index in [9.17, 15) is 0 Å². The molecule has 0 aliphatic heterocycles. The summed E-state index contributed by atoms with van der Waals surface area (Å²) >= 11 is 0. The van der Waals surface area contributed by atoms with Crippen molar-refractivity contribution in [2.45, 2.75) is 33.1 Å². The van der Waals surface area contributed by atoms with Crippen LogP contribution in [0.4, 0.5) is 0 Å². The third-order valence-corrected chi connectivity index (χ3v) is 6.66. The number of hydrogen-bond acceptors (Lipinski definition) is 2. The summed E-state index contributed by atoms with van der Waals surface area (Å²) < 4.78 is 10.9. The van der Waals surface area contributed by atoms with Gasteiger partial charge in [-0.2, -0.15) is 4.57 Å². The molecule has 0 N–H and O–H groups in total. The Morgan fingerprint density at radius 3 is 2.41 bits per heavy atom. The summed E-state index contributed by atoms with van der Waals surface area (Å²) in [5.41, 5.74) is 7.30. The van der Waals surface area contributed by atoms with E-state index in [1.54, 1.807) is 0 Å². The number of fused-ring (bicyclic) bond motifs is 3. The number of imidazole rings is 1. The van der Waals surface area contributed by atoms with E-state index in [1.807, 2.05) is 6.07 Å². The zero-order chi connectivity index (χ0) is 23.6. The van der Waals surface area contributed by atoms with Crippen LogP contribution in [-0.4, -0.2) is 9.55 Å². The second-order valence-electron chi connectivity index (χ2n) is 10.1. The zero-order valence-corrected chi connectivity index (χ0v) is 20.3. The lowest BCUT2D eigenvalue weighted by Crippen LogP contribution is -2.30. The molecule has 0 amide bonds. The van der Waals surface area contributed by atoms with Crippen LogP contribution in [0.25, 0.3) is 50.0 Å². The number of rotatable bonds is 2. The number of oxazole rings is 1. The Balaban J connectivity index is 1.79. The van der Waals surface area contributed by atoms with E-state index >= 15 is 0 Å². The fraction of sp³-hybridized carbons (Fsp3) is 0.200. The molecule has 34 heavy (non-hydrogen) atoms. The Hall–Kier alpha value is -3.92. The molecule has 0 radical (unpaired) electrons. The first-order valence-electron chi connectivity index (χ1n) is 11.7. The Morgan fingerprint density at radius 2 is 1.59 bits per heavy atom. The topological polar surface area (TPSA) is 34.8 Å². The summed E-state index contributed by atoms with van der Waals surface area (Å²) in [6.07, 6.45) is 0. The lowest BCUT2D eigenvalue weighted by Gasteiger charge is -2.11. The minimum absolute atomic E-state index is 0.172. The van der Waals surface area contributed by atoms with Crippen LogP contribution >= 0.6 is 0 Å². The number of aryl methyl sites for hydroxylation is 2. The molecule has 2 heterocycles. The predicted octanol–water partition coefficient (Wildman–Crippen LogP) is 7.02. The highest BCUT2D eigenvalue weighted by Gasteiger charge is 2.31. The molecule has 6 rings (SSSR count). The van der Waals surface area contributed by atoms with Crippen LogP contribution in [0.1, 0.15) is 32.2 Å². The van der Waals surface area contributed by atoms with E-state index in [0.29, 0.717) is 0 Å². The molecule has 4 nitrogen and oxygen atoms in total. The van der Waals surface area contributed by atoms with E-state index in [-0.39, 0.29) is 5.41 Å². The van der Waals surface area contributed by atoms with Crippen LogP contribution in [0.3, 0.4) is 0 Å². The smallest absolute Gasteiger partial charge is 0.297 e. The largest absolute Gasteiger partial charge is 0.440 e. The van der Waals surface area contributed by atoms with E-state index in [0.717, 1.165) is 39.6 Å². The van der Waals surface area contributed by atoms with Crippen molar-refractivity contribution in [3.05, 3.63) is 90.3 Å². The molecule has 0 unspecified atom stereocenters. The quantitative estimate of drug-likeness (QED) is 0.268. The highest BCUT2D eigenvalue weighted by molar-refractivity contribution is 5.96. The highest BCUT2D eigenvalue weighted by atomic mass is 16.3. The summed E-state index contributed by atoms with van der Waals surface area (Å²) in [7, 11) is 2.14. The minimum atomic E-state index is -0.172. The standard InChI is InChI=1S/C30H28N3O/c1-19-17-18-25-27(31-29(34-25)30(2,3)4)26(19)28-32(5)23-14-8-9-15-24(23)33(28)22-16-10-12-20-11-6-7-13-21(20)22/h6-18H,1-5H3/q+1. The van der Waals surface area contributed by atoms with Gasteiger partial charge in [0, 0.05) is 10.8 Å². The van der Waals surface area contributed by atoms with Crippen molar-refractivity contribution in [1.29, 1.82) is 0 Å². The monoisotopic (exact) mass is 446 g/mol. The second kappa shape index (κ2) is 7.29. The Bertz CT molecular complexity index is 1710. The molecule has 0 aliphatic rings.